The van der Waals surface area contributed by atoms with Gasteiger partial charge in [0.2, 0.25) is 0 Å². The summed E-state index contributed by atoms with van der Waals surface area (Å²) in [6.45, 7) is 0. The largest absolute Gasteiger partial charge is 0.477 e. The minimum absolute atomic E-state index is 0.0854. The van der Waals surface area contributed by atoms with Gasteiger partial charge in [-0.1, -0.05) is 22.0 Å². The van der Waals surface area contributed by atoms with E-state index in [-0.39, 0.29) is 4.88 Å². The number of aromatic carboxylic acids is 1. The Hall–Kier alpha value is -2.45. The number of benzene rings is 1. The predicted octanol–water partition coefficient (Wildman–Crippen LogP) is 4.44. The molecule has 2 aromatic heterocycles. The molecule has 2 amide bonds. The summed E-state index contributed by atoms with van der Waals surface area (Å²) >= 11 is 4.45. The molecule has 1 aromatic carbocycles. The Balaban J connectivity index is 2.01. The quantitative estimate of drug-likeness (QED) is 0.678. The highest BCUT2D eigenvalue weighted by Crippen LogP contribution is 2.45. The fourth-order valence-electron chi connectivity index (χ4n) is 2.61. The van der Waals surface area contributed by atoms with Gasteiger partial charge in [0, 0.05) is 10.7 Å². The van der Waals surface area contributed by atoms with Gasteiger partial charge in [-0.15, -0.1) is 11.3 Å². The molecule has 6 nitrogen and oxygen atoms in total. The van der Waals surface area contributed by atoms with Crippen molar-refractivity contribution in [1.29, 1.82) is 0 Å². The average molecular weight is 390 g/mol. The zero-order chi connectivity index (χ0) is 16.1. The summed E-state index contributed by atoms with van der Waals surface area (Å²) in [6, 6.07) is 8.64. The third kappa shape index (κ3) is 2.10. The van der Waals surface area contributed by atoms with Gasteiger partial charge < -0.3 is 10.4 Å². The lowest BCUT2D eigenvalue weighted by molar-refractivity contribution is 0.0703. The zero-order valence-electron chi connectivity index (χ0n) is 11.4. The van der Waals surface area contributed by atoms with E-state index >= 15 is 0 Å². The molecule has 0 radical (unpaired) electrons. The summed E-state index contributed by atoms with van der Waals surface area (Å²) in [5.41, 5.74) is 1.62. The molecule has 0 unspecified atom stereocenters. The van der Waals surface area contributed by atoms with Gasteiger partial charge in [-0.3, -0.25) is 4.90 Å². The van der Waals surface area contributed by atoms with Crippen LogP contribution in [0.4, 0.5) is 21.9 Å². The molecule has 23 heavy (non-hydrogen) atoms. The third-order valence-electron chi connectivity index (χ3n) is 3.51. The number of thiophene rings is 1. The van der Waals surface area contributed by atoms with Crippen molar-refractivity contribution in [3.05, 3.63) is 45.9 Å². The fraction of sp³-hybridized carbons (Fsp3) is 0. The molecule has 8 heteroatoms. The van der Waals surface area contributed by atoms with Crippen LogP contribution in [0.25, 0.3) is 10.2 Å². The molecule has 0 saturated heterocycles. The molecule has 4 rings (SSSR count). The molecule has 2 N–H and O–H groups in total. The van der Waals surface area contributed by atoms with Gasteiger partial charge in [-0.2, -0.15) is 0 Å². The predicted molar refractivity (Wildman–Crippen MR) is 91.9 cm³/mol. The number of pyridine rings is 1. The van der Waals surface area contributed by atoms with Crippen LogP contribution < -0.4 is 10.2 Å². The van der Waals surface area contributed by atoms with E-state index in [1.165, 1.54) is 4.90 Å². The number of anilines is 3. The van der Waals surface area contributed by atoms with E-state index in [0.29, 0.717) is 27.3 Å². The van der Waals surface area contributed by atoms with Gasteiger partial charge in [0.1, 0.15) is 9.71 Å². The SMILES string of the molecule is O=C(O)c1sc2nccc3c2c1NC(=O)N3c1cccc(Br)c1. The summed E-state index contributed by atoms with van der Waals surface area (Å²) < 4.78 is 0.843. The molecule has 114 valence electrons. The Morgan fingerprint density at radius 2 is 2.17 bits per heavy atom. The number of carbonyl (C=O) groups excluding carboxylic acids is 1. The van der Waals surface area contributed by atoms with Gasteiger partial charge in [-0.25, -0.2) is 14.6 Å². The lowest BCUT2D eigenvalue weighted by Crippen LogP contribution is -2.34. The number of hydrogen-bond donors (Lipinski definition) is 2. The molecule has 1 aliphatic rings. The van der Waals surface area contributed by atoms with Crippen molar-refractivity contribution in [3.8, 4) is 0 Å². The topological polar surface area (TPSA) is 82.5 Å². The van der Waals surface area contributed by atoms with Crippen molar-refractivity contribution >= 4 is 66.5 Å². The molecule has 0 aliphatic carbocycles. The van der Waals surface area contributed by atoms with Gasteiger partial charge >= 0.3 is 12.0 Å². The molecule has 0 spiro atoms. The Morgan fingerprint density at radius 3 is 2.91 bits per heavy atom. The number of amides is 2. The number of rotatable bonds is 2. The summed E-state index contributed by atoms with van der Waals surface area (Å²) in [5, 5.41) is 12.7. The molecule has 0 saturated carbocycles. The highest BCUT2D eigenvalue weighted by molar-refractivity contribution is 9.10. The van der Waals surface area contributed by atoms with Crippen molar-refractivity contribution < 1.29 is 14.7 Å². The van der Waals surface area contributed by atoms with Crippen LogP contribution in [0.2, 0.25) is 0 Å². The van der Waals surface area contributed by atoms with Crippen LogP contribution in [0.5, 0.6) is 0 Å². The number of nitrogens with zero attached hydrogens (tertiary/aromatic N) is 2. The Bertz CT molecular complexity index is 985. The number of carboxylic acids is 1. The van der Waals surface area contributed by atoms with E-state index in [1.807, 2.05) is 24.3 Å². The zero-order valence-corrected chi connectivity index (χ0v) is 13.8. The highest BCUT2D eigenvalue weighted by Gasteiger charge is 2.32. The summed E-state index contributed by atoms with van der Waals surface area (Å²) in [7, 11) is 0. The average Bonchev–Trinajstić information content (AvgIpc) is 2.88. The molecule has 3 heterocycles. The molecule has 0 bridgehead atoms. The number of halogens is 1. The van der Waals surface area contributed by atoms with Gasteiger partial charge in [0.15, 0.2) is 0 Å². The lowest BCUT2D eigenvalue weighted by atomic mass is 10.1. The van der Waals surface area contributed by atoms with Crippen LogP contribution in [0, 0.1) is 0 Å². The third-order valence-corrected chi connectivity index (χ3v) is 5.09. The summed E-state index contributed by atoms with van der Waals surface area (Å²) in [6.07, 6.45) is 1.58. The maximum absolute atomic E-state index is 12.6. The van der Waals surface area contributed by atoms with Crippen LogP contribution in [0.15, 0.2) is 41.0 Å². The monoisotopic (exact) mass is 389 g/mol. The minimum Gasteiger partial charge on any atom is -0.477 e. The molecule has 0 fully saturated rings. The van der Waals surface area contributed by atoms with E-state index in [0.717, 1.165) is 15.8 Å². The molecule has 3 aromatic rings. The Morgan fingerprint density at radius 1 is 1.35 bits per heavy atom. The number of carboxylic acid groups (broad SMARTS) is 1. The van der Waals surface area contributed by atoms with E-state index in [1.54, 1.807) is 12.3 Å². The number of hydrogen-bond acceptors (Lipinski definition) is 4. The first-order valence-electron chi connectivity index (χ1n) is 6.58. The molecular weight excluding hydrogens is 382 g/mol. The number of aromatic nitrogens is 1. The van der Waals surface area contributed by atoms with Crippen molar-refractivity contribution in [3.63, 3.8) is 0 Å². The Labute approximate surface area is 142 Å². The highest BCUT2D eigenvalue weighted by atomic mass is 79.9. The van der Waals surface area contributed by atoms with Gasteiger partial charge in [0.25, 0.3) is 0 Å². The molecule has 1 aliphatic heterocycles. The van der Waals surface area contributed by atoms with Crippen LogP contribution >= 0.6 is 27.3 Å². The van der Waals surface area contributed by atoms with E-state index in [4.69, 9.17) is 0 Å². The number of nitrogens with one attached hydrogen (secondary N) is 1. The Kier molecular flexibility index (Phi) is 3.10. The lowest BCUT2D eigenvalue weighted by Gasteiger charge is -2.28. The normalized spacial score (nSPS) is 13.3. The van der Waals surface area contributed by atoms with Crippen molar-refractivity contribution in [2.75, 3.05) is 10.2 Å². The second-order valence-electron chi connectivity index (χ2n) is 4.87. The van der Waals surface area contributed by atoms with Crippen LogP contribution in [-0.4, -0.2) is 22.1 Å². The maximum Gasteiger partial charge on any atom is 0.348 e. The fourth-order valence-corrected chi connectivity index (χ4v) is 3.95. The van der Waals surface area contributed by atoms with E-state index in [2.05, 4.69) is 26.2 Å². The first-order valence-corrected chi connectivity index (χ1v) is 8.18. The van der Waals surface area contributed by atoms with Crippen molar-refractivity contribution in [2.24, 2.45) is 0 Å². The summed E-state index contributed by atoms with van der Waals surface area (Å²) in [5.74, 6) is -1.08. The molecular formula is C15H8BrN3O3S. The second-order valence-corrected chi connectivity index (χ2v) is 6.78. The number of urea groups is 1. The standard InChI is InChI=1S/C15H8BrN3O3S/c16-7-2-1-3-8(6-7)19-9-4-5-17-13-10(9)11(18-15(19)22)12(23-13)14(20)21/h1-6H,(H,18,22)(H,20,21). The smallest absolute Gasteiger partial charge is 0.348 e. The maximum atomic E-state index is 12.6. The first-order chi connectivity index (χ1) is 11.1. The van der Waals surface area contributed by atoms with E-state index < -0.39 is 12.0 Å². The van der Waals surface area contributed by atoms with Gasteiger partial charge in [0.05, 0.1) is 22.4 Å². The van der Waals surface area contributed by atoms with Gasteiger partial charge in [-0.05, 0) is 24.3 Å². The van der Waals surface area contributed by atoms with Crippen LogP contribution in [0.1, 0.15) is 9.67 Å². The summed E-state index contributed by atoms with van der Waals surface area (Å²) in [4.78, 5) is 30.4. The van der Waals surface area contributed by atoms with Crippen LogP contribution in [0.3, 0.4) is 0 Å². The number of carbonyl (C=O) groups is 2. The molecule has 0 atom stereocenters. The van der Waals surface area contributed by atoms with Crippen molar-refractivity contribution in [2.45, 2.75) is 0 Å². The first kappa shape index (κ1) is 14.2. The van der Waals surface area contributed by atoms with Crippen LogP contribution in [-0.2, 0) is 0 Å². The second kappa shape index (κ2) is 5.04. The van der Waals surface area contributed by atoms with Crippen molar-refractivity contribution in [1.82, 2.24) is 4.98 Å². The minimum atomic E-state index is -1.08. The van der Waals surface area contributed by atoms with E-state index in [9.17, 15) is 14.7 Å².